The summed E-state index contributed by atoms with van der Waals surface area (Å²) in [4.78, 5) is 15.6. The Morgan fingerprint density at radius 1 is 1.38 bits per heavy atom. The summed E-state index contributed by atoms with van der Waals surface area (Å²) < 4.78 is 2.41. The van der Waals surface area contributed by atoms with Crippen LogP contribution in [-0.4, -0.2) is 31.6 Å². The summed E-state index contributed by atoms with van der Waals surface area (Å²) in [5.41, 5.74) is 2.06. The summed E-state index contributed by atoms with van der Waals surface area (Å²) in [5, 5.41) is 9.08. The predicted molar refractivity (Wildman–Crippen MR) is 88.3 cm³/mol. The summed E-state index contributed by atoms with van der Waals surface area (Å²) in [6.45, 7) is 7.32. The van der Waals surface area contributed by atoms with Gasteiger partial charge in [-0.15, -0.1) is 0 Å². The highest BCUT2D eigenvalue weighted by Crippen LogP contribution is 2.34. The van der Waals surface area contributed by atoms with Gasteiger partial charge in [0.1, 0.15) is 5.82 Å². The lowest BCUT2D eigenvalue weighted by atomic mass is 10.0. The van der Waals surface area contributed by atoms with Crippen molar-refractivity contribution >= 4 is 28.8 Å². The molecule has 0 aliphatic rings. The molecule has 0 amide bonds. The number of thioether (sulfide) groups is 1. The van der Waals surface area contributed by atoms with Gasteiger partial charge in [0.05, 0.1) is 16.6 Å². The van der Waals surface area contributed by atoms with Crippen LogP contribution in [0.15, 0.2) is 18.2 Å². The van der Waals surface area contributed by atoms with Crippen molar-refractivity contribution in [2.24, 2.45) is 0 Å². The monoisotopic (exact) mass is 306 g/mol. The molecule has 0 bridgehead atoms. The molecule has 21 heavy (non-hydrogen) atoms. The van der Waals surface area contributed by atoms with E-state index < -0.39 is 5.97 Å². The van der Waals surface area contributed by atoms with Crippen LogP contribution < -0.4 is 0 Å². The van der Waals surface area contributed by atoms with Gasteiger partial charge in [-0.2, -0.15) is 11.8 Å². The zero-order chi connectivity index (χ0) is 15.6. The molecule has 0 aliphatic heterocycles. The van der Waals surface area contributed by atoms with Crippen LogP contribution in [0.2, 0.25) is 0 Å². The van der Waals surface area contributed by atoms with E-state index in [-0.39, 0.29) is 10.3 Å². The van der Waals surface area contributed by atoms with E-state index >= 15 is 0 Å². The summed E-state index contributed by atoms with van der Waals surface area (Å²) in [5.74, 6) is 0.0255. The number of aromatic carboxylic acids is 1. The summed E-state index contributed by atoms with van der Waals surface area (Å²) in [7, 11) is 0. The van der Waals surface area contributed by atoms with E-state index in [1.807, 2.05) is 24.8 Å². The van der Waals surface area contributed by atoms with Crippen LogP contribution in [0.1, 0.15) is 42.9 Å². The number of carbonyl (C=O) groups is 1. The Bertz CT molecular complexity index is 651. The van der Waals surface area contributed by atoms with Gasteiger partial charge in [0.25, 0.3) is 0 Å². The molecule has 2 aromatic rings. The first-order valence-corrected chi connectivity index (χ1v) is 8.44. The number of aromatic nitrogens is 2. The molecule has 1 aromatic heterocycles. The number of nitrogens with zero attached hydrogens (tertiary/aromatic N) is 2. The van der Waals surface area contributed by atoms with Crippen molar-refractivity contribution in [2.45, 2.75) is 44.9 Å². The van der Waals surface area contributed by atoms with Gasteiger partial charge in [0.15, 0.2) is 0 Å². The Hall–Kier alpha value is -1.49. The standard InChI is InChI=1S/C16H22N2O2S/c1-5-16(6-2,21-4)10-18-11(3)17-13-9-12(15(19)20)7-8-14(13)18/h7-9H,5-6,10H2,1-4H3,(H,19,20). The SMILES string of the molecule is CCC(CC)(Cn1c(C)nc2cc(C(=O)O)ccc21)SC. The fourth-order valence-electron chi connectivity index (χ4n) is 2.70. The second-order valence-corrected chi connectivity index (χ2v) is 6.62. The Labute approximate surface area is 129 Å². The first kappa shape index (κ1) is 15.9. The first-order valence-electron chi connectivity index (χ1n) is 7.21. The van der Waals surface area contributed by atoms with E-state index in [9.17, 15) is 4.79 Å². The molecule has 0 saturated carbocycles. The van der Waals surface area contributed by atoms with Crippen LogP contribution >= 0.6 is 11.8 Å². The molecule has 114 valence electrons. The minimum Gasteiger partial charge on any atom is -0.478 e. The largest absolute Gasteiger partial charge is 0.478 e. The van der Waals surface area contributed by atoms with Crippen LogP contribution in [0, 0.1) is 6.92 Å². The predicted octanol–water partition coefficient (Wildman–Crippen LogP) is 3.96. The van der Waals surface area contributed by atoms with Gasteiger partial charge in [-0.1, -0.05) is 13.8 Å². The number of carboxylic acid groups (broad SMARTS) is 1. The molecule has 0 unspecified atom stereocenters. The molecule has 0 saturated heterocycles. The smallest absolute Gasteiger partial charge is 0.335 e. The molecular weight excluding hydrogens is 284 g/mol. The third kappa shape index (κ3) is 2.93. The molecule has 5 heteroatoms. The third-order valence-electron chi connectivity index (χ3n) is 4.35. The zero-order valence-electron chi connectivity index (χ0n) is 13.0. The van der Waals surface area contributed by atoms with Crippen molar-refractivity contribution in [2.75, 3.05) is 6.26 Å². The second-order valence-electron chi connectivity index (χ2n) is 5.35. The van der Waals surface area contributed by atoms with Gasteiger partial charge >= 0.3 is 5.97 Å². The van der Waals surface area contributed by atoms with E-state index in [1.165, 1.54) is 0 Å². The molecule has 0 aliphatic carbocycles. The molecule has 1 N–H and O–H groups in total. The maximum absolute atomic E-state index is 11.1. The molecule has 2 rings (SSSR count). The Balaban J connectivity index is 2.49. The summed E-state index contributed by atoms with van der Waals surface area (Å²) >= 11 is 1.90. The minimum absolute atomic E-state index is 0.198. The molecule has 0 radical (unpaired) electrons. The lowest BCUT2D eigenvalue weighted by Crippen LogP contribution is -2.29. The molecule has 1 heterocycles. The average Bonchev–Trinajstić information content (AvgIpc) is 2.79. The molecule has 0 spiro atoms. The number of hydrogen-bond donors (Lipinski definition) is 1. The average molecular weight is 306 g/mol. The summed E-state index contributed by atoms with van der Waals surface area (Å²) in [6.07, 6.45) is 4.35. The molecule has 1 aromatic carbocycles. The number of rotatable bonds is 6. The van der Waals surface area contributed by atoms with Crippen molar-refractivity contribution < 1.29 is 9.90 Å². The number of carboxylic acids is 1. The van der Waals surface area contributed by atoms with Crippen molar-refractivity contribution in [3.63, 3.8) is 0 Å². The highest BCUT2D eigenvalue weighted by atomic mass is 32.2. The van der Waals surface area contributed by atoms with Crippen molar-refractivity contribution in [3.05, 3.63) is 29.6 Å². The van der Waals surface area contributed by atoms with Gasteiger partial charge in [0, 0.05) is 11.3 Å². The number of aryl methyl sites for hydroxylation is 1. The van der Waals surface area contributed by atoms with Crippen molar-refractivity contribution in [1.29, 1.82) is 0 Å². The van der Waals surface area contributed by atoms with Crippen LogP contribution in [0.3, 0.4) is 0 Å². The second kappa shape index (κ2) is 6.10. The van der Waals surface area contributed by atoms with Gasteiger partial charge in [-0.25, -0.2) is 9.78 Å². The number of benzene rings is 1. The number of hydrogen-bond acceptors (Lipinski definition) is 3. The van der Waals surface area contributed by atoms with E-state index in [0.29, 0.717) is 0 Å². The fraction of sp³-hybridized carbons (Fsp3) is 0.500. The zero-order valence-corrected chi connectivity index (χ0v) is 13.8. The fourth-order valence-corrected chi connectivity index (χ4v) is 3.53. The van der Waals surface area contributed by atoms with E-state index in [0.717, 1.165) is 36.2 Å². The minimum atomic E-state index is -0.912. The highest BCUT2D eigenvalue weighted by molar-refractivity contribution is 8.00. The first-order chi connectivity index (χ1) is 9.96. The molecular formula is C16H22N2O2S. The highest BCUT2D eigenvalue weighted by Gasteiger charge is 2.27. The summed E-state index contributed by atoms with van der Waals surface area (Å²) in [6, 6.07) is 5.18. The topological polar surface area (TPSA) is 55.1 Å². The van der Waals surface area contributed by atoms with Gasteiger partial charge in [-0.05, 0) is 44.2 Å². The Morgan fingerprint density at radius 3 is 2.57 bits per heavy atom. The number of imidazole rings is 1. The van der Waals surface area contributed by atoms with E-state index in [2.05, 4.69) is 29.7 Å². The lowest BCUT2D eigenvalue weighted by molar-refractivity contribution is 0.0697. The van der Waals surface area contributed by atoms with Gasteiger partial charge in [-0.3, -0.25) is 0 Å². The molecule has 0 atom stereocenters. The van der Waals surface area contributed by atoms with Crippen LogP contribution in [-0.2, 0) is 6.54 Å². The Kier molecular flexibility index (Phi) is 4.61. The number of fused-ring (bicyclic) bond motifs is 1. The van der Waals surface area contributed by atoms with E-state index in [4.69, 9.17) is 5.11 Å². The quantitative estimate of drug-likeness (QED) is 0.877. The van der Waals surface area contributed by atoms with Crippen molar-refractivity contribution in [3.8, 4) is 0 Å². The van der Waals surface area contributed by atoms with Crippen LogP contribution in [0.5, 0.6) is 0 Å². The third-order valence-corrected chi connectivity index (χ3v) is 5.93. The Morgan fingerprint density at radius 2 is 2.05 bits per heavy atom. The maximum atomic E-state index is 11.1. The van der Waals surface area contributed by atoms with Gasteiger partial charge < -0.3 is 9.67 Å². The maximum Gasteiger partial charge on any atom is 0.335 e. The van der Waals surface area contributed by atoms with E-state index in [1.54, 1.807) is 12.1 Å². The lowest BCUT2D eigenvalue weighted by Gasteiger charge is -2.30. The van der Waals surface area contributed by atoms with Crippen LogP contribution in [0.25, 0.3) is 11.0 Å². The molecule has 0 fully saturated rings. The van der Waals surface area contributed by atoms with Gasteiger partial charge in [0.2, 0.25) is 0 Å². The van der Waals surface area contributed by atoms with Crippen LogP contribution in [0.4, 0.5) is 0 Å². The normalized spacial score (nSPS) is 12.0. The van der Waals surface area contributed by atoms with Crippen molar-refractivity contribution in [1.82, 2.24) is 9.55 Å². The molecule has 4 nitrogen and oxygen atoms in total.